The van der Waals surface area contributed by atoms with Crippen LogP contribution in [0.15, 0.2) is 18.2 Å². The van der Waals surface area contributed by atoms with Gasteiger partial charge in [0.2, 0.25) is 0 Å². The normalized spacial score (nSPS) is 11.5. The summed E-state index contributed by atoms with van der Waals surface area (Å²) in [7, 11) is 0. The zero-order valence-electron chi connectivity index (χ0n) is 8.68. The van der Waals surface area contributed by atoms with Crippen molar-refractivity contribution >= 4 is 29.0 Å². The first-order valence-corrected chi connectivity index (χ1v) is 5.34. The maximum absolute atomic E-state index is 12.0. The van der Waals surface area contributed by atoms with E-state index in [1.165, 1.54) is 0 Å². The topological polar surface area (TPSA) is 43.1 Å². The van der Waals surface area contributed by atoms with Gasteiger partial charge in [-0.1, -0.05) is 43.1 Å². The highest BCUT2D eigenvalue weighted by molar-refractivity contribution is 6.44. The van der Waals surface area contributed by atoms with Crippen molar-refractivity contribution in [2.45, 2.75) is 13.8 Å². The second-order valence-electron chi connectivity index (χ2n) is 4.02. The molecule has 0 aliphatic carbocycles. The summed E-state index contributed by atoms with van der Waals surface area (Å²) < 4.78 is 0. The number of carbonyl (C=O) groups excluding carboxylic acids is 1. The van der Waals surface area contributed by atoms with Gasteiger partial charge in [-0.3, -0.25) is 4.79 Å². The highest BCUT2D eigenvalue weighted by Crippen LogP contribution is 2.30. The fourth-order valence-electron chi connectivity index (χ4n) is 1.14. The van der Waals surface area contributed by atoms with Crippen molar-refractivity contribution in [2.24, 2.45) is 11.1 Å². The molecule has 0 bridgehead atoms. The largest absolute Gasteiger partial charge is 0.329 e. The van der Waals surface area contributed by atoms with E-state index in [0.29, 0.717) is 15.6 Å². The quantitative estimate of drug-likeness (QED) is 0.832. The van der Waals surface area contributed by atoms with E-state index in [9.17, 15) is 4.79 Å². The number of Topliss-reactive ketones (excluding diaryl/α,β-unsaturated/α-hetero) is 1. The maximum atomic E-state index is 12.0. The summed E-state index contributed by atoms with van der Waals surface area (Å²) in [5, 5.41) is 0.682. The molecular weight excluding hydrogens is 233 g/mol. The van der Waals surface area contributed by atoms with Gasteiger partial charge in [-0.05, 0) is 12.1 Å². The van der Waals surface area contributed by atoms with E-state index in [-0.39, 0.29) is 12.3 Å². The summed E-state index contributed by atoms with van der Waals surface area (Å²) in [5.41, 5.74) is 5.35. The van der Waals surface area contributed by atoms with Gasteiger partial charge in [0.25, 0.3) is 0 Å². The Morgan fingerprint density at radius 1 is 1.40 bits per heavy atom. The molecule has 0 atom stereocenters. The Kier molecular flexibility index (Phi) is 3.77. The Hall–Kier alpha value is -0.570. The van der Waals surface area contributed by atoms with E-state index in [1.807, 2.05) is 0 Å². The number of ketones is 1. The second kappa shape index (κ2) is 4.52. The van der Waals surface area contributed by atoms with Crippen LogP contribution in [0.3, 0.4) is 0 Å². The summed E-state index contributed by atoms with van der Waals surface area (Å²) in [6, 6.07) is 5.01. The third kappa shape index (κ3) is 2.51. The molecule has 0 aromatic heterocycles. The standard InChI is InChI=1S/C11H13Cl2NO/c1-11(2,6-14)10(15)7-4-3-5-8(12)9(7)13/h3-5H,6,14H2,1-2H3. The molecule has 0 saturated heterocycles. The summed E-state index contributed by atoms with van der Waals surface area (Å²) in [4.78, 5) is 12.0. The predicted octanol–water partition coefficient (Wildman–Crippen LogP) is 3.16. The fourth-order valence-corrected chi connectivity index (χ4v) is 1.52. The molecule has 0 radical (unpaired) electrons. The number of hydrogen-bond donors (Lipinski definition) is 1. The first-order chi connectivity index (χ1) is 6.90. The van der Waals surface area contributed by atoms with Crippen molar-refractivity contribution in [1.82, 2.24) is 0 Å². The van der Waals surface area contributed by atoms with Gasteiger partial charge in [-0.2, -0.15) is 0 Å². The van der Waals surface area contributed by atoms with Gasteiger partial charge >= 0.3 is 0 Å². The Bertz CT molecular complexity index is 388. The van der Waals surface area contributed by atoms with Gasteiger partial charge in [-0.15, -0.1) is 0 Å². The first-order valence-electron chi connectivity index (χ1n) is 4.59. The minimum atomic E-state index is -0.617. The molecule has 1 rings (SSSR count). The molecule has 4 heteroatoms. The Labute approximate surface area is 99.4 Å². The van der Waals surface area contributed by atoms with Crippen LogP contribution in [0.25, 0.3) is 0 Å². The van der Waals surface area contributed by atoms with Crippen molar-refractivity contribution < 1.29 is 4.79 Å². The van der Waals surface area contributed by atoms with Crippen LogP contribution in [0.2, 0.25) is 10.0 Å². The van der Waals surface area contributed by atoms with Gasteiger partial charge in [0.1, 0.15) is 0 Å². The van der Waals surface area contributed by atoms with Gasteiger partial charge in [-0.25, -0.2) is 0 Å². The van der Waals surface area contributed by atoms with Crippen molar-refractivity contribution in [3.05, 3.63) is 33.8 Å². The van der Waals surface area contributed by atoms with Crippen molar-refractivity contribution in [1.29, 1.82) is 0 Å². The Morgan fingerprint density at radius 2 is 2.00 bits per heavy atom. The molecule has 1 aromatic rings. The molecule has 15 heavy (non-hydrogen) atoms. The third-order valence-corrected chi connectivity index (χ3v) is 3.14. The molecule has 82 valence electrons. The van der Waals surface area contributed by atoms with Crippen molar-refractivity contribution in [2.75, 3.05) is 6.54 Å². The summed E-state index contributed by atoms with van der Waals surface area (Å²) in [6.45, 7) is 3.84. The van der Waals surface area contributed by atoms with Crippen LogP contribution < -0.4 is 5.73 Å². The van der Waals surface area contributed by atoms with Crippen LogP contribution in [0.4, 0.5) is 0 Å². The molecule has 0 aliphatic heterocycles. The molecule has 0 amide bonds. The second-order valence-corrected chi connectivity index (χ2v) is 4.80. The fraction of sp³-hybridized carbons (Fsp3) is 0.364. The minimum Gasteiger partial charge on any atom is -0.329 e. The summed E-state index contributed by atoms with van der Waals surface area (Å²) >= 11 is 11.8. The lowest BCUT2D eigenvalue weighted by Gasteiger charge is -2.21. The zero-order valence-corrected chi connectivity index (χ0v) is 10.2. The van der Waals surface area contributed by atoms with Crippen LogP contribution in [-0.4, -0.2) is 12.3 Å². The maximum Gasteiger partial charge on any atom is 0.171 e. The zero-order chi connectivity index (χ0) is 11.6. The number of halogens is 2. The Morgan fingerprint density at radius 3 is 2.53 bits per heavy atom. The predicted molar refractivity (Wildman–Crippen MR) is 63.6 cm³/mol. The smallest absolute Gasteiger partial charge is 0.171 e. The molecule has 0 unspecified atom stereocenters. The monoisotopic (exact) mass is 245 g/mol. The number of carbonyl (C=O) groups is 1. The van der Waals surface area contributed by atoms with E-state index in [4.69, 9.17) is 28.9 Å². The van der Waals surface area contributed by atoms with Gasteiger partial charge < -0.3 is 5.73 Å². The van der Waals surface area contributed by atoms with E-state index in [2.05, 4.69) is 0 Å². The van der Waals surface area contributed by atoms with Crippen LogP contribution in [0, 0.1) is 5.41 Å². The highest BCUT2D eigenvalue weighted by atomic mass is 35.5. The molecule has 0 aliphatic rings. The lowest BCUT2D eigenvalue weighted by Crippen LogP contribution is -2.32. The van der Waals surface area contributed by atoms with Crippen LogP contribution in [0.1, 0.15) is 24.2 Å². The van der Waals surface area contributed by atoms with Gasteiger partial charge in [0, 0.05) is 17.5 Å². The van der Waals surface area contributed by atoms with Crippen LogP contribution in [-0.2, 0) is 0 Å². The van der Waals surface area contributed by atoms with E-state index >= 15 is 0 Å². The summed E-state index contributed by atoms with van der Waals surface area (Å²) in [6.07, 6.45) is 0. The van der Waals surface area contributed by atoms with E-state index in [0.717, 1.165) is 0 Å². The van der Waals surface area contributed by atoms with Crippen LogP contribution >= 0.6 is 23.2 Å². The molecule has 0 fully saturated rings. The average molecular weight is 246 g/mol. The third-order valence-electron chi connectivity index (χ3n) is 2.32. The van der Waals surface area contributed by atoms with Crippen molar-refractivity contribution in [3.63, 3.8) is 0 Å². The molecule has 2 N–H and O–H groups in total. The van der Waals surface area contributed by atoms with Gasteiger partial charge in [0.05, 0.1) is 10.0 Å². The minimum absolute atomic E-state index is 0.0856. The molecule has 0 saturated carbocycles. The molecular formula is C11H13Cl2NO. The number of rotatable bonds is 3. The first kappa shape index (κ1) is 12.5. The van der Waals surface area contributed by atoms with E-state index < -0.39 is 5.41 Å². The molecule has 0 spiro atoms. The van der Waals surface area contributed by atoms with Crippen LogP contribution in [0.5, 0.6) is 0 Å². The molecule has 1 aromatic carbocycles. The summed E-state index contributed by atoms with van der Waals surface area (Å²) in [5.74, 6) is -0.0856. The van der Waals surface area contributed by atoms with E-state index in [1.54, 1.807) is 32.0 Å². The lowest BCUT2D eigenvalue weighted by atomic mass is 9.84. The Balaban J connectivity index is 3.18. The average Bonchev–Trinajstić information content (AvgIpc) is 2.21. The van der Waals surface area contributed by atoms with Crippen molar-refractivity contribution in [3.8, 4) is 0 Å². The molecule has 0 heterocycles. The number of hydrogen-bond acceptors (Lipinski definition) is 2. The highest BCUT2D eigenvalue weighted by Gasteiger charge is 2.28. The number of benzene rings is 1. The lowest BCUT2D eigenvalue weighted by molar-refractivity contribution is 0.0848. The number of nitrogens with two attached hydrogens (primary N) is 1. The SMILES string of the molecule is CC(C)(CN)C(=O)c1cccc(Cl)c1Cl. The molecule has 2 nitrogen and oxygen atoms in total. The van der Waals surface area contributed by atoms with Gasteiger partial charge in [0.15, 0.2) is 5.78 Å².